The zero-order chi connectivity index (χ0) is 14.4. The highest BCUT2D eigenvalue weighted by molar-refractivity contribution is 5.74. The Morgan fingerprint density at radius 2 is 2.15 bits per heavy atom. The Bertz CT molecular complexity index is 311. The number of urea groups is 1. The van der Waals surface area contributed by atoms with Crippen LogP contribution < -0.4 is 5.32 Å². The Hall–Kier alpha value is -0.810. The summed E-state index contributed by atoms with van der Waals surface area (Å²) >= 11 is 0. The maximum Gasteiger partial charge on any atom is 0.317 e. The Morgan fingerprint density at radius 3 is 2.80 bits per heavy atom. The van der Waals surface area contributed by atoms with Gasteiger partial charge in [-0.25, -0.2) is 4.79 Å². The van der Waals surface area contributed by atoms with Gasteiger partial charge in [0.15, 0.2) is 0 Å². The highest BCUT2D eigenvalue weighted by atomic mass is 16.5. The highest BCUT2D eigenvalue weighted by Crippen LogP contribution is 2.38. The first-order valence-corrected chi connectivity index (χ1v) is 7.99. The van der Waals surface area contributed by atoms with Crippen molar-refractivity contribution in [1.29, 1.82) is 0 Å². The summed E-state index contributed by atoms with van der Waals surface area (Å²) in [5.41, 5.74) is 0.0163. The molecule has 2 aliphatic rings. The molecule has 2 rings (SSSR count). The van der Waals surface area contributed by atoms with Crippen LogP contribution in [0.4, 0.5) is 4.79 Å². The van der Waals surface area contributed by atoms with Crippen molar-refractivity contribution in [3.63, 3.8) is 0 Å². The normalized spacial score (nSPS) is 25.4. The number of aliphatic hydroxyl groups is 1. The molecule has 2 N–H and O–H groups in total. The lowest BCUT2D eigenvalue weighted by Crippen LogP contribution is -2.52. The first-order valence-electron chi connectivity index (χ1n) is 7.99. The molecule has 1 saturated heterocycles. The highest BCUT2D eigenvalue weighted by Gasteiger charge is 2.39. The molecular weight excluding hydrogens is 256 g/mol. The molecule has 5 heteroatoms. The third kappa shape index (κ3) is 3.85. The molecule has 0 bridgehead atoms. The maximum absolute atomic E-state index is 12.2. The van der Waals surface area contributed by atoms with Crippen LogP contribution in [0.5, 0.6) is 0 Å². The fourth-order valence-electron chi connectivity index (χ4n) is 3.49. The van der Waals surface area contributed by atoms with Gasteiger partial charge in [0.05, 0.1) is 12.2 Å². The van der Waals surface area contributed by atoms with Crippen LogP contribution >= 0.6 is 0 Å². The van der Waals surface area contributed by atoms with Crippen molar-refractivity contribution in [2.24, 2.45) is 0 Å². The van der Waals surface area contributed by atoms with E-state index in [1.165, 1.54) is 19.3 Å². The minimum Gasteiger partial charge on any atom is -0.395 e. The van der Waals surface area contributed by atoms with Crippen LogP contribution in [0.15, 0.2) is 0 Å². The van der Waals surface area contributed by atoms with Crippen LogP contribution in [0.1, 0.15) is 51.9 Å². The predicted octanol–water partition coefficient (Wildman–Crippen LogP) is 1.89. The van der Waals surface area contributed by atoms with Gasteiger partial charge in [-0.1, -0.05) is 19.3 Å². The summed E-state index contributed by atoms with van der Waals surface area (Å²) in [6, 6.07) is 0.154. The minimum atomic E-state index is -0.0561. The van der Waals surface area contributed by atoms with Gasteiger partial charge in [0, 0.05) is 25.7 Å². The number of ether oxygens (including phenoxy) is 1. The number of carbonyl (C=O) groups is 1. The lowest BCUT2D eigenvalue weighted by molar-refractivity contribution is -0.108. The largest absolute Gasteiger partial charge is 0.395 e. The number of nitrogens with zero attached hydrogens (tertiary/aromatic N) is 1. The topological polar surface area (TPSA) is 61.8 Å². The van der Waals surface area contributed by atoms with E-state index >= 15 is 0 Å². The van der Waals surface area contributed by atoms with Gasteiger partial charge >= 0.3 is 6.03 Å². The van der Waals surface area contributed by atoms with Gasteiger partial charge in [-0.05, 0) is 32.6 Å². The standard InChI is InChI=1S/C15H28N2O3/c1-2-17(9-10-18)14(19)16-13-6-11-20-15(12-13)7-4-3-5-8-15/h13,18H,2-12H2,1H3,(H,16,19). The molecule has 1 unspecified atom stereocenters. The van der Waals surface area contributed by atoms with Gasteiger partial charge in [-0.2, -0.15) is 0 Å². The molecule has 1 atom stereocenters. The van der Waals surface area contributed by atoms with E-state index in [2.05, 4.69) is 5.32 Å². The van der Waals surface area contributed by atoms with Crippen LogP contribution in [0.25, 0.3) is 0 Å². The fourth-order valence-corrected chi connectivity index (χ4v) is 3.49. The zero-order valence-corrected chi connectivity index (χ0v) is 12.6. The Kier molecular flexibility index (Phi) is 5.66. The van der Waals surface area contributed by atoms with E-state index in [0.717, 1.165) is 32.3 Å². The lowest BCUT2D eigenvalue weighted by Gasteiger charge is -2.44. The van der Waals surface area contributed by atoms with Crippen LogP contribution in [0, 0.1) is 0 Å². The van der Waals surface area contributed by atoms with Gasteiger partial charge in [0.2, 0.25) is 0 Å². The Morgan fingerprint density at radius 1 is 1.40 bits per heavy atom. The van der Waals surface area contributed by atoms with Gasteiger partial charge < -0.3 is 20.1 Å². The molecule has 2 amide bonds. The summed E-state index contributed by atoms with van der Waals surface area (Å²) in [6.07, 6.45) is 7.89. The summed E-state index contributed by atoms with van der Waals surface area (Å²) in [6.45, 7) is 3.72. The monoisotopic (exact) mass is 284 g/mol. The quantitative estimate of drug-likeness (QED) is 0.829. The maximum atomic E-state index is 12.2. The predicted molar refractivity (Wildman–Crippen MR) is 77.7 cm³/mol. The average Bonchev–Trinajstić information content (AvgIpc) is 2.45. The number of carbonyl (C=O) groups excluding carboxylic acids is 1. The molecule has 0 radical (unpaired) electrons. The number of hydrogen-bond acceptors (Lipinski definition) is 3. The van der Waals surface area contributed by atoms with E-state index in [9.17, 15) is 4.79 Å². The average molecular weight is 284 g/mol. The van der Waals surface area contributed by atoms with E-state index in [1.807, 2.05) is 6.92 Å². The summed E-state index contributed by atoms with van der Waals surface area (Å²) in [4.78, 5) is 13.8. The molecule has 1 saturated carbocycles. The smallest absolute Gasteiger partial charge is 0.317 e. The SMILES string of the molecule is CCN(CCO)C(=O)NC1CCOC2(CCCCC2)C1. The molecule has 1 spiro atoms. The molecule has 116 valence electrons. The van der Waals surface area contributed by atoms with Gasteiger partial charge in [-0.3, -0.25) is 0 Å². The molecular formula is C15H28N2O3. The van der Waals surface area contributed by atoms with Crippen molar-refractivity contribution in [3.05, 3.63) is 0 Å². The molecule has 1 aliphatic carbocycles. The third-order valence-electron chi connectivity index (χ3n) is 4.62. The van der Waals surface area contributed by atoms with Crippen LogP contribution in [-0.2, 0) is 4.74 Å². The van der Waals surface area contributed by atoms with Crippen LogP contribution in [0.3, 0.4) is 0 Å². The molecule has 20 heavy (non-hydrogen) atoms. The van der Waals surface area contributed by atoms with Gasteiger partial charge in [-0.15, -0.1) is 0 Å². The van der Waals surface area contributed by atoms with Crippen molar-refractivity contribution < 1.29 is 14.6 Å². The van der Waals surface area contributed by atoms with E-state index in [4.69, 9.17) is 9.84 Å². The van der Waals surface area contributed by atoms with E-state index in [1.54, 1.807) is 4.90 Å². The van der Waals surface area contributed by atoms with Crippen molar-refractivity contribution in [2.75, 3.05) is 26.3 Å². The van der Waals surface area contributed by atoms with Crippen LogP contribution in [-0.4, -0.2) is 54.0 Å². The summed E-state index contributed by atoms with van der Waals surface area (Å²) in [5.74, 6) is 0. The van der Waals surface area contributed by atoms with Crippen molar-refractivity contribution in [2.45, 2.75) is 63.5 Å². The number of amides is 2. The second-order valence-electron chi connectivity index (χ2n) is 6.03. The minimum absolute atomic E-state index is 0.0129. The van der Waals surface area contributed by atoms with Gasteiger partial charge in [0.1, 0.15) is 0 Å². The van der Waals surface area contributed by atoms with E-state index < -0.39 is 0 Å². The number of hydrogen-bond donors (Lipinski definition) is 2. The van der Waals surface area contributed by atoms with E-state index in [-0.39, 0.29) is 24.3 Å². The number of aliphatic hydroxyl groups excluding tert-OH is 1. The molecule has 1 aliphatic heterocycles. The molecule has 0 aromatic heterocycles. The second-order valence-corrected chi connectivity index (χ2v) is 6.03. The summed E-state index contributed by atoms with van der Waals surface area (Å²) in [5, 5.41) is 12.1. The third-order valence-corrected chi connectivity index (χ3v) is 4.62. The summed E-state index contributed by atoms with van der Waals surface area (Å²) in [7, 11) is 0. The molecule has 1 heterocycles. The second kappa shape index (κ2) is 7.27. The molecule has 5 nitrogen and oxygen atoms in total. The molecule has 2 fully saturated rings. The van der Waals surface area contributed by atoms with Crippen LogP contribution in [0.2, 0.25) is 0 Å². The fraction of sp³-hybridized carbons (Fsp3) is 0.933. The Labute approximate surface area is 121 Å². The summed E-state index contributed by atoms with van der Waals surface area (Å²) < 4.78 is 6.05. The number of rotatable bonds is 4. The number of likely N-dealkylation sites (N-methyl/N-ethyl adjacent to an activating group) is 1. The Balaban J connectivity index is 1.87. The lowest BCUT2D eigenvalue weighted by atomic mass is 9.78. The zero-order valence-electron chi connectivity index (χ0n) is 12.6. The van der Waals surface area contributed by atoms with E-state index in [0.29, 0.717) is 13.1 Å². The van der Waals surface area contributed by atoms with Crippen molar-refractivity contribution >= 4 is 6.03 Å². The number of nitrogens with one attached hydrogen (secondary N) is 1. The van der Waals surface area contributed by atoms with Gasteiger partial charge in [0.25, 0.3) is 0 Å². The first kappa shape index (κ1) is 15.6. The molecule has 0 aromatic rings. The first-order chi connectivity index (χ1) is 9.69. The molecule has 0 aromatic carbocycles. The van der Waals surface area contributed by atoms with Crippen molar-refractivity contribution in [3.8, 4) is 0 Å². The van der Waals surface area contributed by atoms with Crippen molar-refractivity contribution in [1.82, 2.24) is 10.2 Å².